The van der Waals surface area contributed by atoms with Gasteiger partial charge in [-0.25, -0.2) is 0 Å². The molecule has 0 N–H and O–H groups in total. The van der Waals surface area contributed by atoms with Crippen molar-refractivity contribution in [3.05, 3.63) is 106 Å². The average molecular weight is 336 g/mol. The minimum absolute atomic E-state index is 0.0118. The number of benzene rings is 2. The van der Waals surface area contributed by atoms with Gasteiger partial charge in [0.05, 0.1) is 0 Å². The second-order valence-electron chi connectivity index (χ2n) is 8.76. The van der Waals surface area contributed by atoms with Crippen LogP contribution in [0.25, 0.3) is 0 Å². The lowest BCUT2D eigenvalue weighted by Gasteiger charge is -2.50. The Bertz CT molecular complexity index is 1030. The lowest BCUT2D eigenvalue weighted by atomic mass is 9.53. The molecule has 2 aromatic carbocycles. The predicted molar refractivity (Wildman–Crippen MR) is 108 cm³/mol. The Balaban J connectivity index is 1.74. The van der Waals surface area contributed by atoms with Crippen LogP contribution in [0.1, 0.15) is 77.8 Å². The second kappa shape index (κ2) is 4.88. The molecular formula is C26H24. The van der Waals surface area contributed by atoms with Crippen molar-refractivity contribution in [1.29, 1.82) is 0 Å². The van der Waals surface area contributed by atoms with Gasteiger partial charge in [-0.15, -0.1) is 0 Å². The van der Waals surface area contributed by atoms with Crippen molar-refractivity contribution in [3.63, 3.8) is 0 Å². The molecule has 5 aliphatic rings. The zero-order valence-electron chi connectivity index (χ0n) is 15.5. The first-order valence-corrected chi connectivity index (χ1v) is 10.0. The van der Waals surface area contributed by atoms with Crippen molar-refractivity contribution < 1.29 is 0 Å². The van der Waals surface area contributed by atoms with Crippen LogP contribution in [0.5, 0.6) is 0 Å². The molecule has 0 heteroatoms. The van der Waals surface area contributed by atoms with Crippen LogP contribution in [0.3, 0.4) is 0 Å². The number of hydrogen-bond donors (Lipinski definition) is 0. The van der Waals surface area contributed by atoms with E-state index in [-0.39, 0.29) is 5.41 Å². The SMILES string of the molecule is CC1CC(C)c2cc3c(cc21)C1C2=CC=CC=CC3(C2)c2ccccc21. The number of fused-ring (bicyclic) bond motifs is 1. The molecule has 0 nitrogen and oxygen atoms in total. The summed E-state index contributed by atoms with van der Waals surface area (Å²) in [6.07, 6.45) is 14.0. The summed E-state index contributed by atoms with van der Waals surface area (Å²) in [5.41, 5.74) is 11.0. The number of allylic oxidation sites excluding steroid dienone is 6. The summed E-state index contributed by atoms with van der Waals surface area (Å²) in [6.45, 7) is 4.81. The Hall–Kier alpha value is -2.34. The van der Waals surface area contributed by atoms with Crippen molar-refractivity contribution in [2.75, 3.05) is 0 Å². The van der Waals surface area contributed by atoms with Gasteiger partial charge in [-0.3, -0.25) is 0 Å². The molecule has 5 aliphatic carbocycles. The summed E-state index contributed by atoms with van der Waals surface area (Å²) >= 11 is 0. The molecular weight excluding hydrogens is 312 g/mol. The first-order chi connectivity index (χ1) is 12.7. The molecule has 4 atom stereocenters. The van der Waals surface area contributed by atoms with Gasteiger partial charge in [0.25, 0.3) is 0 Å². The summed E-state index contributed by atoms with van der Waals surface area (Å²) in [5, 5.41) is 0. The average Bonchev–Trinajstić information content (AvgIpc) is 2.92. The maximum atomic E-state index is 2.59. The van der Waals surface area contributed by atoms with E-state index in [9.17, 15) is 0 Å². The van der Waals surface area contributed by atoms with Crippen molar-refractivity contribution in [3.8, 4) is 0 Å². The molecule has 7 rings (SSSR count). The minimum Gasteiger partial charge on any atom is -0.0693 e. The zero-order chi connectivity index (χ0) is 17.5. The molecule has 0 amide bonds. The summed E-state index contributed by atoms with van der Waals surface area (Å²) in [7, 11) is 0. The van der Waals surface area contributed by atoms with E-state index >= 15 is 0 Å². The quantitative estimate of drug-likeness (QED) is 0.516. The van der Waals surface area contributed by atoms with Crippen LogP contribution in [-0.4, -0.2) is 0 Å². The first kappa shape index (κ1) is 14.8. The van der Waals surface area contributed by atoms with Crippen LogP contribution in [-0.2, 0) is 5.41 Å². The number of rotatable bonds is 0. The topological polar surface area (TPSA) is 0 Å². The van der Waals surface area contributed by atoms with Crippen LogP contribution < -0.4 is 0 Å². The second-order valence-corrected chi connectivity index (χ2v) is 8.76. The Morgan fingerprint density at radius 3 is 2.50 bits per heavy atom. The summed E-state index contributed by atoms with van der Waals surface area (Å²) in [5.74, 6) is 1.81. The smallest absolute Gasteiger partial charge is 0.0428 e. The van der Waals surface area contributed by atoms with Gasteiger partial charge in [0.15, 0.2) is 0 Å². The van der Waals surface area contributed by atoms with Crippen molar-refractivity contribution in [1.82, 2.24) is 0 Å². The summed E-state index contributed by atoms with van der Waals surface area (Å²) in [6, 6.07) is 14.3. The fourth-order valence-corrected chi connectivity index (χ4v) is 6.25. The Morgan fingerprint density at radius 2 is 1.62 bits per heavy atom. The molecule has 2 aromatic rings. The molecule has 4 unspecified atom stereocenters. The van der Waals surface area contributed by atoms with E-state index in [1.165, 1.54) is 17.5 Å². The van der Waals surface area contributed by atoms with Gasteiger partial charge < -0.3 is 0 Å². The predicted octanol–water partition coefficient (Wildman–Crippen LogP) is 6.48. The Labute approximate surface area is 156 Å². The fourth-order valence-electron chi connectivity index (χ4n) is 6.25. The van der Waals surface area contributed by atoms with E-state index in [0.717, 1.165) is 6.42 Å². The third kappa shape index (κ3) is 1.66. The van der Waals surface area contributed by atoms with Crippen LogP contribution in [0, 0.1) is 0 Å². The molecule has 0 saturated heterocycles. The molecule has 1 spiro atoms. The van der Waals surface area contributed by atoms with E-state index in [1.807, 2.05) is 0 Å². The van der Waals surface area contributed by atoms with E-state index in [2.05, 4.69) is 80.6 Å². The lowest BCUT2D eigenvalue weighted by molar-refractivity contribution is 0.525. The lowest BCUT2D eigenvalue weighted by Crippen LogP contribution is -2.40. The Kier molecular flexibility index (Phi) is 2.78. The van der Waals surface area contributed by atoms with Gasteiger partial charge in [-0.1, -0.05) is 86.2 Å². The van der Waals surface area contributed by atoms with Crippen LogP contribution in [0.4, 0.5) is 0 Å². The summed E-state index contributed by atoms with van der Waals surface area (Å²) in [4.78, 5) is 0. The molecule has 3 bridgehead atoms. The fraction of sp³-hybridized carbons (Fsp3) is 0.308. The van der Waals surface area contributed by atoms with E-state index in [4.69, 9.17) is 0 Å². The molecule has 0 fully saturated rings. The minimum atomic E-state index is 0.0118. The van der Waals surface area contributed by atoms with Crippen molar-refractivity contribution in [2.45, 2.75) is 49.9 Å². The van der Waals surface area contributed by atoms with Gasteiger partial charge in [-0.05, 0) is 58.1 Å². The molecule has 0 radical (unpaired) electrons. The van der Waals surface area contributed by atoms with Crippen LogP contribution >= 0.6 is 0 Å². The molecule has 128 valence electrons. The first-order valence-electron chi connectivity index (χ1n) is 10.0. The highest BCUT2D eigenvalue weighted by atomic mass is 14.5. The molecule has 0 aromatic heterocycles. The highest BCUT2D eigenvalue weighted by molar-refractivity contribution is 5.69. The van der Waals surface area contributed by atoms with Gasteiger partial charge in [-0.2, -0.15) is 0 Å². The van der Waals surface area contributed by atoms with E-state index in [0.29, 0.717) is 17.8 Å². The number of hydrogen-bond acceptors (Lipinski definition) is 0. The highest BCUT2D eigenvalue weighted by Gasteiger charge is 2.49. The zero-order valence-corrected chi connectivity index (χ0v) is 15.5. The largest absolute Gasteiger partial charge is 0.0693 e. The van der Waals surface area contributed by atoms with Crippen LogP contribution in [0.2, 0.25) is 0 Å². The highest BCUT2D eigenvalue weighted by Crippen LogP contribution is 2.61. The normalized spacial score (nSPS) is 32.4. The Morgan fingerprint density at radius 1 is 0.808 bits per heavy atom. The molecule has 0 aliphatic heterocycles. The van der Waals surface area contributed by atoms with Gasteiger partial charge in [0.2, 0.25) is 0 Å². The van der Waals surface area contributed by atoms with E-state index in [1.54, 1.807) is 27.8 Å². The monoisotopic (exact) mass is 336 g/mol. The van der Waals surface area contributed by atoms with E-state index < -0.39 is 0 Å². The van der Waals surface area contributed by atoms with Crippen LogP contribution in [0.15, 0.2) is 72.4 Å². The molecule has 0 saturated carbocycles. The molecule has 0 heterocycles. The van der Waals surface area contributed by atoms with Crippen molar-refractivity contribution in [2.24, 2.45) is 0 Å². The summed E-state index contributed by atoms with van der Waals surface area (Å²) < 4.78 is 0. The molecule has 26 heavy (non-hydrogen) atoms. The van der Waals surface area contributed by atoms with Crippen molar-refractivity contribution >= 4 is 0 Å². The standard InChI is InChI=1S/C26H24/c1-16-12-17(2)21-14-24-22(13-20(16)21)25-18-8-4-3-7-11-26(24,15-18)23-10-6-5-9-19(23)25/h3-11,13-14,16-17,25H,12,15H2,1-2H3. The van der Waals surface area contributed by atoms with Gasteiger partial charge in [0.1, 0.15) is 0 Å². The van der Waals surface area contributed by atoms with Gasteiger partial charge >= 0.3 is 0 Å². The third-order valence-electron chi connectivity index (χ3n) is 7.34. The maximum absolute atomic E-state index is 2.59. The van der Waals surface area contributed by atoms with Gasteiger partial charge in [0, 0.05) is 11.3 Å². The third-order valence-corrected chi connectivity index (χ3v) is 7.34. The maximum Gasteiger partial charge on any atom is 0.0428 e.